The fraction of sp³-hybridized carbons (Fsp3) is 0.474. The summed E-state index contributed by atoms with van der Waals surface area (Å²) < 4.78 is 5.93. The molecule has 1 unspecified atom stereocenters. The Morgan fingerprint density at radius 1 is 1.10 bits per heavy atom. The largest absolute Gasteiger partial charge is 0.493 e. The average molecular weight is 284 g/mol. The maximum absolute atomic E-state index is 5.93. The maximum atomic E-state index is 5.93. The van der Waals surface area contributed by atoms with Crippen LogP contribution in [0.25, 0.3) is 10.8 Å². The van der Waals surface area contributed by atoms with Crippen LogP contribution in [0, 0.1) is 0 Å². The summed E-state index contributed by atoms with van der Waals surface area (Å²) in [5.74, 6) is 0.996. The second-order valence-corrected chi connectivity index (χ2v) is 6.27. The highest BCUT2D eigenvalue weighted by atomic mass is 16.5. The van der Waals surface area contributed by atoms with Crippen molar-refractivity contribution in [3.8, 4) is 5.75 Å². The van der Waals surface area contributed by atoms with Gasteiger partial charge in [-0.1, -0.05) is 30.3 Å². The third kappa shape index (κ3) is 3.76. The van der Waals surface area contributed by atoms with Gasteiger partial charge in [-0.3, -0.25) is 0 Å². The summed E-state index contributed by atoms with van der Waals surface area (Å²) in [6, 6.07) is 15.6. The van der Waals surface area contributed by atoms with Gasteiger partial charge >= 0.3 is 0 Å². The summed E-state index contributed by atoms with van der Waals surface area (Å²) in [5, 5.41) is 2.53. The molecule has 1 fully saturated rings. The van der Waals surface area contributed by atoms with Gasteiger partial charge in [-0.05, 0) is 49.1 Å². The van der Waals surface area contributed by atoms with Crippen LogP contribution in [0.3, 0.4) is 0 Å². The van der Waals surface area contributed by atoms with E-state index < -0.39 is 0 Å². The lowest BCUT2D eigenvalue weighted by Crippen LogP contribution is -3.16. The van der Waals surface area contributed by atoms with Crippen molar-refractivity contribution in [2.75, 3.05) is 19.7 Å². The van der Waals surface area contributed by atoms with Gasteiger partial charge in [0, 0.05) is 6.42 Å². The van der Waals surface area contributed by atoms with Crippen LogP contribution in [-0.4, -0.2) is 25.7 Å². The monoisotopic (exact) mass is 284 g/mol. The van der Waals surface area contributed by atoms with Crippen LogP contribution < -0.4 is 9.64 Å². The quantitative estimate of drug-likeness (QED) is 0.833. The molecule has 0 spiro atoms. The second-order valence-electron chi connectivity index (χ2n) is 6.27. The number of fused-ring (bicyclic) bond motifs is 1. The Hall–Kier alpha value is -1.54. The maximum Gasteiger partial charge on any atom is 0.119 e. The van der Waals surface area contributed by atoms with Crippen molar-refractivity contribution >= 4 is 10.8 Å². The van der Waals surface area contributed by atoms with Gasteiger partial charge in [0.2, 0.25) is 0 Å². The zero-order valence-corrected chi connectivity index (χ0v) is 13.0. The molecule has 1 N–H and O–H groups in total. The number of nitrogens with one attached hydrogen (secondary N) is 1. The number of likely N-dealkylation sites (tertiary alicyclic amines) is 1. The third-order valence-electron chi connectivity index (χ3n) is 4.71. The number of ether oxygens (including phenoxy) is 1. The number of quaternary nitrogens is 1. The van der Waals surface area contributed by atoms with Crippen molar-refractivity contribution in [3.63, 3.8) is 0 Å². The first-order valence-electron chi connectivity index (χ1n) is 8.29. The van der Waals surface area contributed by atoms with Gasteiger partial charge in [-0.2, -0.15) is 0 Å². The van der Waals surface area contributed by atoms with Gasteiger partial charge in [0.25, 0.3) is 0 Å². The van der Waals surface area contributed by atoms with E-state index in [1.165, 1.54) is 43.1 Å². The van der Waals surface area contributed by atoms with Crippen LogP contribution >= 0.6 is 0 Å². The molecule has 0 aromatic heterocycles. The van der Waals surface area contributed by atoms with Crippen LogP contribution in [0.5, 0.6) is 5.75 Å². The molecule has 0 radical (unpaired) electrons. The first-order chi connectivity index (χ1) is 10.3. The van der Waals surface area contributed by atoms with E-state index in [1.807, 2.05) is 0 Å². The Morgan fingerprint density at radius 2 is 1.95 bits per heavy atom. The SMILES string of the molecule is C[C@@H]1CCCC[NH+]1CCCOc1ccc2ccccc2c1. The number of hydrogen-bond acceptors (Lipinski definition) is 1. The Labute approximate surface area is 127 Å². The fourth-order valence-corrected chi connectivity index (χ4v) is 3.37. The van der Waals surface area contributed by atoms with Crippen molar-refractivity contribution in [2.45, 2.75) is 38.6 Å². The zero-order chi connectivity index (χ0) is 14.5. The molecule has 1 aliphatic heterocycles. The third-order valence-corrected chi connectivity index (χ3v) is 4.71. The Balaban J connectivity index is 1.48. The molecule has 2 aromatic carbocycles. The van der Waals surface area contributed by atoms with Crippen molar-refractivity contribution in [3.05, 3.63) is 42.5 Å². The van der Waals surface area contributed by atoms with E-state index in [1.54, 1.807) is 4.90 Å². The van der Waals surface area contributed by atoms with Gasteiger partial charge < -0.3 is 9.64 Å². The van der Waals surface area contributed by atoms with Crippen molar-refractivity contribution in [1.29, 1.82) is 0 Å². The minimum Gasteiger partial charge on any atom is -0.493 e. The predicted octanol–water partition coefficient (Wildman–Crippen LogP) is 3.07. The topological polar surface area (TPSA) is 13.7 Å². The highest BCUT2D eigenvalue weighted by Gasteiger charge is 2.20. The minimum absolute atomic E-state index is 0.828. The Morgan fingerprint density at radius 3 is 2.81 bits per heavy atom. The summed E-state index contributed by atoms with van der Waals surface area (Å²) in [6.45, 7) is 5.80. The van der Waals surface area contributed by atoms with Gasteiger partial charge in [0.1, 0.15) is 5.75 Å². The summed E-state index contributed by atoms with van der Waals surface area (Å²) in [4.78, 5) is 1.77. The number of hydrogen-bond donors (Lipinski definition) is 1. The summed E-state index contributed by atoms with van der Waals surface area (Å²) >= 11 is 0. The smallest absolute Gasteiger partial charge is 0.119 e. The molecule has 0 amide bonds. The molecule has 0 aliphatic carbocycles. The van der Waals surface area contributed by atoms with Crippen LogP contribution in [0.15, 0.2) is 42.5 Å². The van der Waals surface area contributed by atoms with Crippen LogP contribution in [0.2, 0.25) is 0 Å². The van der Waals surface area contributed by atoms with Crippen molar-refractivity contribution < 1.29 is 9.64 Å². The lowest BCUT2D eigenvalue weighted by molar-refractivity contribution is -0.928. The minimum atomic E-state index is 0.828. The van der Waals surface area contributed by atoms with E-state index in [0.29, 0.717) is 0 Å². The molecule has 2 atom stereocenters. The Kier molecular flexibility index (Phi) is 4.76. The summed E-state index contributed by atoms with van der Waals surface area (Å²) in [5.41, 5.74) is 0. The van der Waals surface area contributed by atoms with E-state index >= 15 is 0 Å². The highest BCUT2D eigenvalue weighted by molar-refractivity contribution is 5.83. The molecular formula is C19H26NO+. The first-order valence-corrected chi connectivity index (χ1v) is 8.29. The zero-order valence-electron chi connectivity index (χ0n) is 13.0. The van der Waals surface area contributed by atoms with E-state index in [2.05, 4.69) is 49.4 Å². The average Bonchev–Trinajstić information content (AvgIpc) is 2.53. The van der Waals surface area contributed by atoms with Crippen LogP contribution in [0.4, 0.5) is 0 Å². The van der Waals surface area contributed by atoms with Gasteiger partial charge in [-0.25, -0.2) is 0 Å². The summed E-state index contributed by atoms with van der Waals surface area (Å²) in [6.07, 6.45) is 5.34. The molecule has 112 valence electrons. The van der Waals surface area contributed by atoms with Gasteiger partial charge in [-0.15, -0.1) is 0 Å². The lowest BCUT2D eigenvalue weighted by Gasteiger charge is -2.30. The Bertz CT molecular complexity index is 581. The predicted molar refractivity (Wildman–Crippen MR) is 88.1 cm³/mol. The second kappa shape index (κ2) is 6.95. The molecule has 2 heteroatoms. The normalized spacial score (nSPS) is 22.3. The molecule has 1 saturated heterocycles. The molecule has 2 nitrogen and oxygen atoms in total. The molecule has 0 saturated carbocycles. The van der Waals surface area contributed by atoms with E-state index in [4.69, 9.17) is 4.74 Å². The van der Waals surface area contributed by atoms with Crippen molar-refractivity contribution in [1.82, 2.24) is 0 Å². The molecule has 3 rings (SSSR count). The van der Waals surface area contributed by atoms with Crippen LogP contribution in [0.1, 0.15) is 32.6 Å². The number of piperidine rings is 1. The fourth-order valence-electron chi connectivity index (χ4n) is 3.37. The van der Waals surface area contributed by atoms with Crippen molar-refractivity contribution in [2.24, 2.45) is 0 Å². The number of rotatable bonds is 5. The molecule has 2 aromatic rings. The molecule has 21 heavy (non-hydrogen) atoms. The molecule has 1 heterocycles. The van der Waals surface area contributed by atoms with Crippen LogP contribution in [-0.2, 0) is 0 Å². The van der Waals surface area contributed by atoms with E-state index in [0.717, 1.165) is 24.8 Å². The first kappa shape index (κ1) is 14.4. The molecule has 0 bridgehead atoms. The molecule has 1 aliphatic rings. The summed E-state index contributed by atoms with van der Waals surface area (Å²) in [7, 11) is 0. The highest BCUT2D eigenvalue weighted by Crippen LogP contribution is 2.20. The van der Waals surface area contributed by atoms with E-state index in [9.17, 15) is 0 Å². The number of benzene rings is 2. The van der Waals surface area contributed by atoms with Gasteiger partial charge in [0.15, 0.2) is 0 Å². The lowest BCUT2D eigenvalue weighted by atomic mass is 10.0. The van der Waals surface area contributed by atoms with E-state index in [-0.39, 0.29) is 0 Å². The standard InChI is InChI=1S/C19H25NO/c1-16-7-4-5-12-20(16)13-6-14-21-19-11-10-17-8-2-3-9-18(17)15-19/h2-3,8-11,15-16H,4-7,12-14H2,1H3/p+1/t16-/m1/s1. The van der Waals surface area contributed by atoms with Gasteiger partial charge in [0.05, 0.1) is 25.7 Å². The molecular weight excluding hydrogens is 258 g/mol.